The molecule has 0 aliphatic heterocycles. The lowest BCUT2D eigenvalue weighted by molar-refractivity contribution is -0.659. The molecular weight excluding hydrogens is 395 g/mol. The molecule has 164 valence electrons. The summed E-state index contributed by atoms with van der Waals surface area (Å²) in [6.07, 6.45) is 4.30. The highest BCUT2D eigenvalue weighted by molar-refractivity contribution is 5.71. The number of aryl methyl sites for hydroxylation is 2. The van der Waals surface area contributed by atoms with Crippen LogP contribution in [-0.4, -0.2) is 4.57 Å². The number of rotatable bonds is 5. The van der Waals surface area contributed by atoms with E-state index in [0.29, 0.717) is 11.8 Å². The van der Waals surface area contributed by atoms with Crippen molar-refractivity contribution in [2.45, 2.75) is 46.5 Å². The van der Waals surface area contributed by atoms with Gasteiger partial charge in [0.1, 0.15) is 23.9 Å². The van der Waals surface area contributed by atoms with Gasteiger partial charge in [-0.25, -0.2) is 8.96 Å². The third-order valence-electron chi connectivity index (χ3n) is 6.22. The molecular formula is C29H32FN2+. The molecule has 32 heavy (non-hydrogen) atoms. The second kappa shape index (κ2) is 8.74. The van der Waals surface area contributed by atoms with Gasteiger partial charge in [0.2, 0.25) is 0 Å². The summed E-state index contributed by atoms with van der Waals surface area (Å²) >= 11 is 0. The molecule has 3 heteroatoms. The highest BCUT2D eigenvalue weighted by atomic mass is 19.1. The Hall–Kier alpha value is -3.20. The van der Waals surface area contributed by atoms with Crippen LogP contribution in [0.1, 0.15) is 56.2 Å². The summed E-state index contributed by atoms with van der Waals surface area (Å²) in [5.74, 6) is 1.63. The minimum absolute atomic E-state index is 0.207. The fourth-order valence-corrected chi connectivity index (χ4v) is 4.45. The maximum Gasteiger partial charge on any atom is 0.294 e. The Morgan fingerprint density at radius 1 is 0.812 bits per heavy atom. The van der Waals surface area contributed by atoms with E-state index >= 15 is 0 Å². The van der Waals surface area contributed by atoms with Crippen LogP contribution in [0.4, 0.5) is 4.39 Å². The van der Waals surface area contributed by atoms with Crippen molar-refractivity contribution in [3.63, 3.8) is 0 Å². The van der Waals surface area contributed by atoms with Crippen LogP contribution in [0.3, 0.4) is 0 Å². The van der Waals surface area contributed by atoms with E-state index in [-0.39, 0.29) is 5.82 Å². The monoisotopic (exact) mass is 427 g/mol. The molecule has 0 amide bonds. The van der Waals surface area contributed by atoms with Gasteiger partial charge in [-0.15, -0.1) is 0 Å². The lowest BCUT2D eigenvalue weighted by Gasteiger charge is -2.20. The van der Waals surface area contributed by atoms with Crippen LogP contribution in [0.15, 0.2) is 73.1 Å². The fourth-order valence-electron chi connectivity index (χ4n) is 4.45. The summed E-state index contributed by atoms with van der Waals surface area (Å²) in [5, 5.41) is 0. The maximum absolute atomic E-state index is 13.5. The van der Waals surface area contributed by atoms with Crippen LogP contribution in [-0.2, 0) is 7.05 Å². The Balaban J connectivity index is 2.02. The molecule has 0 radical (unpaired) electrons. The van der Waals surface area contributed by atoms with Gasteiger partial charge in [0.25, 0.3) is 5.82 Å². The number of hydrogen-bond acceptors (Lipinski definition) is 0. The second-order valence-electron chi connectivity index (χ2n) is 9.24. The van der Waals surface area contributed by atoms with Crippen molar-refractivity contribution in [1.29, 1.82) is 0 Å². The van der Waals surface area contributed by atoms with Crippen molar-refractivity contribution >= 4 is 0 Å². The van der Waals surface area contributed by atoms with Gasteiger partial charge >= 0.3 is 0 Å². The molecule has 1 aromatic heterocycles. The molecule has 0 saturated heterocycles. The Morgan fingerprint density at radius 3 is 1.97 bits per heavy atom. The number of imidazole rings is 1. The largest absolute Gasteiger partial charge is 0.294 e. The Labute approximate surface area is 191 Å². The molecule has 3 aromatic carbocycles. The summed E-state index contributed by atoms with van der Waals surface area (Å²) in [4.78, 5) is 0. The van der Waals surface area contributed by atoms with Crippen LogP contribution in [0, 0.1) is 12.7 Å². The van der Waals surface area contributed by atoms with Crippen molar-refractivity contribution in [2.75, 3.05) is 0 Å². The van der Waals surface area contributed by atoms with Crippen molar-refractivity contribution in [3.8, 4) is 28.2 Å². The Morgan fingerprint density at radius 2 is 1.41 bits per heavy atom. The lowest BCUT2D eigenvalue weighted by Crippen LogP contribution is -2.29. The summed E-state index contributed by atoms with van der Waals surface area (Å²) < 4.78 is 18.1. The summed E-state index contributed by atoms with van der Waals surface area (Å²) in [7, 11) is 2.11. The first kappa shape index (κ1) is 22.0. The molecule has 4 rings (SSSR count). The molecule has 2 nitrogen and oxygen atoms in total. The third-order valence-corrected chi connectivity index (χ3v) is 6.22. The zero-order valence-corrected chi connectivity index (χ0v) is 19.9. The number of hydrogen-bond donors (Lipinski definition) is 0. The Bertz CT molecular complexity index is 1220. The fraction of sp³-hybridized carbons (Fsp3) is 0.276. The standard InChI is InChI=1S/C29H32FN2/c1-19(2)26-17-23(22-11-13-24(30)14-12-22)18-27(20(3)4)28(26)32-16-15-31(6)29(32)25-10-8-7-9-21(25)5/h7-20H,1-6H3/q+1. The summed E-state index contributed by atoms with van der Waals surface area (Å²) in [5.41, 5.74) is 8.49. The van der Waals surface area contributed by atoms with E-state index in [1.807, 2.05) is 12.1 Å². The highest BCUT2D eigenvalue weighted by Gasteiger charge is 2.27. The normalized spacial score (nSPS) is 11.5. The van der Waals surface area contributed by atoms with Gasteiger partial charge in [0, 0.05) is 11.1 Å². The van der Waals surface area contributed by atoms with E-state index in [0.717, 1.165) is 11.1 Å². The molecule has 0 saturated carbocycles. The smallest absolute Gasteiger partial charge is 0.232 e. The van der Waals surface area contributed by atoms with Gasteiger partial charge in [0.05, 0.1) is 12.6 Å². The van der Waals surface area contributed by atoms with Crippen molar-refractivity contribution in [3.05, 3.63) is 95.6 Å². The third kappa shape index (κ3) is 4.00. The minimum Gasteiger partial charge on any atom is -0.232 e. The quantitative estimate of drug-likeness (QED) is 0.295. The van der Waals surface area contributed by atoms with Gasteiger partial charge in [0.15, 0.2) is 0 Å². The van der Waals surface area contributed by atoms with E-state index in [1.165, 1.54) is 45.9 Å². The number of aromatic nitrogens is 2. The average molecular weight is 428 g/mol. The van der Waals surface area contributed by atoms with Gasteiger partial charge in [-0.1, -0.05) is 58.0 Å². The maximum atomic E-state index is 13.5. The predicted octanol–water partition coefficient (Wildman–Crippen LogP) is 7.33. The average Bonchev–Trinajstić information content (AvgIpc) is 3.14. The molecule has 0 fully saturated rings. The zero-order chi connectivity index (χ0) is 23.0. The highest BCUT2D eigenvalue weighted by Crippen LogP contribution is 2.37. The first-order chi connectivity index (χ1) is 15.3. The van der Waals surface area contributed by atoms with E-state index in [1.54, 1.807) is 0 Å². The molecule has 0 N–H and O–H groups in total. The van der Waals surface area contributed by atoms with E-state index in [2.05, 4.69) is 99.6 Å². The number of nitrogens with zero attached hydrogens (tertiary/aromatic N) is 2. The number of benzene rings is 3. The molecule has 0 aliphatic carbocycles. The first-order valence-corrected chi connectivity index (χ1v) is 11.3. The summed E-state index contributed by atoms with van der Waals surface area (Å²) in [6, 6.07) is 19.9. The van der Waals surface area contributed by atoms with Crippen molar-refractivity contribution in [1.82, 2.24) is 4.57 Å². The van der Waals surface area contributed by atoms with Crippen LogP contribution in [0.5, 0.6) is 0 Å². The first-order valence-electron chi connectivity index (χ1n) is 11.3. The molecule has 0 spiro atoms. The topological polar surface area (TPSA) is 8.81 Å². The van der Waals surface area contributed by atoms with E-state index < -0.39 is 0 Å². The molecule has 4 aromatic rings. The SMILES string of the molecule is Cc1ccccc1-c1n(-c2c(C(C)C)cc(-c3ccc(F)cc3)cc2C(C)C)cc[n+]1C. The Kier molecular flexibility index (Phi) is 6.01. The second-order valence-corrected chi connectivity index (χ2v) is 9.24. The van der Waals surface area contributed by atoms with Crippen LogP contribution in [0.2, 0.25) is 0 Å². The molecule has 1 heterocycles. The van der Waals surface area contributed by atoms with Crippen molar-refractivity contribution in [2.24, 2.45) is 7.05 Å². The molecule has 0 atom stereocenters. The van der Waals surface area contributed by atoms with Crippen LogP contribution in [0.25, 0.3) is 28.2 Å². The van der Waals surface area contributed by atoms with Gasteiger partial charge in [-0.05, 0) is 65.8 Å². The minimum atomic E-state index is -0.207. The van der Waals surface area contributed by atoms with Crippen LogP contribution >= 0.6 is 0 Å². The lowest BCUT2D eigenvalue weighted by atomic mass is 9.88. The molecule has 0 bridgehead atoms. The van der Waals surface area contributed by atoms with E-state index in [4.69, 9.17) is 0 Å². The summed E-state index contributed by atoms with van der Waals surface area (Å²) in [6.45, 7) is 11.1. The van der Waals surface area contributed by atoms with Gasteiger partial charge < -0.3 is 0 Å². The number of halogens is 1. The van der Waals surface area contributed by atoms with Gasteiger partial charge in [-0.3, -0.25) is 0 Å². The van der Waals surface area contributed by atoms with Crippen LogP contribution < -0.4 is 4.57 Å². The zero-order valence-electron chi connectivity index (χ0n) is 19.9. The molecule has 0 aliphatic rings. The van der Waals surface area contributed by atoms with E-state index in [9.17, 15) is 4.39 Å². The van der Waals surface area contributed by atoms with Gasteiger partial charge in [-0.2, -0.15) is 4.57 Å². The molecule has 0 unspecified atom stereocenters. The van der Waals surface area contributed by atoms with Crippen molar-refractivity contribution < 1.29 is 8.96 Å². The predicted molar refractivity (Wildman–Crippen MR) is 131 cm³/mol.